The number of hydrogen-bond donors (Lipinski definition) is 3. The van der Waals surface area contributed by atoms with Gasteiger partial charge in [-0.15, -0.1) is 0 Å². The van der Waals surface area contributed by atoms with Gasteiger partial charge in [0.15, 0.2) is 0 Å². The molecule has 1 unspecified atom stereocenters. The molecule has 6 heteroatoms. The largest absolute Gasteiger partial charge is 0.344 e. The molecule has 4 N–H and O–H groups in total. The van der Waals surface area contributed by atoms with Crippen molar-refractivity contribution in [3.05, 3.63) is 21.0 Å². The second kappa shape index (κ2) is 4.28. The molecule has 0 radical (unpaired) electrons. The van der Waals surface area contributed by atoms with Crippen LogP contribution in [0.2, 0.25) is 0 Å². The molecule has 0 aliphatic rings. The van der Waals surface area contributed by atoms with Crippen LogP contribution in [0.25, 0.3) is 0 Å². The summed E-state index contributed by atoms with van der Waals surface area (Å²) in [5.41, 5.74) is 4.67. The van der Waals surface area contributed by atoms with Gasteiger partial charge in [-0.25, -0.2) is 24.4 Å². The third-order valence-corrected chi connectivity index (χ3v) is 2.09. The van der Waals surface area contributed by atoms with Crippen molar-refractivity contribution in [3.63, 3.8) is 0 Å². The minimum absolute atomic E-state index is 0.225. The highest BCUT2D eigenvalue weighted by Crippen LogP contribution is 2.12. The fourth-order valence-corrected chi connectivity index (χ4v) is 1.50. The summed E-state index contributed by atoms with van der Waals surface area (Å²) in [6, 6.07) is -0.225. The third-order valence-electron chi connectivity index (χ3n) is 2.09. The van der Waals surface area contributed by atoms with Gasteiger partial charge in [0.05, 0.1) is 6.04 Å². The van der Waals surface area contributed by atoms with E-state index in [2.05, 4.69) is 10.2 Å². The summed E-state index contributed by atoms with van der Waals surface area (Å²) in [6.45, 7) is 4.34. The van der Waals surface area contributed by atoms with Crippen molar-refractivity contribution in [3.8, 4) is 0 Å². The fourth-order valence-electron chi connectivity index (χ4n) is 1.50. The first-order chi connectivity index (χ1) is 6.56. The highest BCUT2D eigenvalue weighted by Gasteiger charge is 2.16. The molecule has 0 amide bonds. The van der Waals surface area contributed by atoms with E-state index in [1.807, 2.05) is 13.8 Å². The summed E-state index contributed by atoms with van der Waals surface area (Å²) in [4.78, 5) is 22.5. The number of nitrogens with zero attached hydrogens (tertiary/aromatic N) is 1. The van der Waals surface area contributed by atoms with Crippen molar-refractivity contribution < 1.29 is 0 Å². The Hall–Kier alpha value is -1.30. The average molecular weight is 200 g/mol. The van der Waals surface area contributed by atoms with Crippen LogP contribution in [0.1, 0.15) is 26.3 Å². The molecule has 1 rings (SSSR count). The normalized spacial score (nSPS) is 13.4. The maximum absolute atomic E-state index is 11.2. The van der Waals surface area contributed by atoms with Crippen molar-refractivity contribution >= 4 is 0 Å². The number of H-pyrrole nitrogens is 2. The van der Waals surface area contributed by atoms with Crippen molar-refractivity contribution in [2.45, 2.75) is 26.3 Å². The Kier molecular flexibility index (Phi) is 3.29. The first-order valence-corrected chi connectivity index (χ1v) is 4.65. The highest BCUT2D eigenvalue weighted by molar-refractivity contribution is 4.76. The summed E-state index contributed by atoms with van der Waals surface area (Å²) in [7, 11) is 0. The van der Waals surface area contributed by atoms with Gasteiger partial charge in [-0.1, -0.05) is 13.8 Å². The predicted octanol–water partition coefficient (Wildman–Crippen LogP) is -0.589. The molecule has 14 heavy (non-hydrogen) atoms. The van der Waals surface area contributed by atoms with Gasteiger partial charge in [-0.3, -0.25) is 0 Å². The van der Waals surface area contributed by atoms with Crippen LogP contribution >= 0.6 is 0 Å². The maximum Gasteiger partial charge on any atom is 0.344 e. The van der Waals surface area contributed by atoms with E-state index in [4.69, 9.17) is 5.73 Å². The van der Waals surface area contributed by atoms with E-state index >= 15 is 0 Å². The molecule has 1 atom stereocenters. The van der Waals surface area contributed by atoms with Gasteiger partial charge in [0.2, 0.25) is 0 Å². The second-order valence-electron chi connectivity index (χ2n) is 3.75. The van der Waals surface area contributed by atoms with E-state index < -0.39 is 11.4 Å². The number of aromatic nitrogens is 3. The zero-order valence-electron chi connectivity index (χ0n) is 8.41. The van der Waals surface area contributed by atoms with Crippen LogP contribution in [0.4, 0.5) is 0 Å². The predicted molar refractivity (Wildman–Crippen MR) is 53.2 cm³/mol. The van der Waals surface area contributed by atoms with E-state index in [1.54, 1.807) is 0 Å². The molecule has 0 aliphatic heterocycles. The number of nitrogens with two attached hydrogens (primary N) is 1. The van der Waals surface area contributed by atoms with Crippen molar-refractivity contribution in [1.29, 1.82) is 0 Å². The van der Waals surface area contributed by atoms with E-state index in [-0.39, 0.29) is 6.04 Å². The van der Waals surface area contributed by atoms with Crippen LogP contribution in [0.5, 0.6) is 0 Å². The van der Waals surface area contributed by atoms with Crippen molar-refractivity contribution in [2.75, 3.05) is 6.54 Å². The molecule has 1 heterocycles. The maximum atomic E-state index is 11.2. The molecule has 1 aromatic heterocycles. The van der Waals surface area contributed by atoms with E-state index in [0.29, 0.717) is 12.5 Å². The van der Waals surface area contributed by atoms with Crippen LogP contribution < -0.4 is 17.1 Å². The summed E-state index contributed by atoms with van der Waals surface area (Å²) >= 11 is 0. The molecule has 0 saturated carbocycles. The zero-order valence-corrected chi connectivity index (χ0v) is 8.41. The first kappa shape index (κ1) is 10.8. The Morgan fingerprint density at radius 1 is 1.29 bits per heavy atom. The molecule has 80 valence electrons. The molecular formula is C8H16N4O2. The van der Waals surface area contributed by atoms with E-state index in [9.17, 15) is 9.59 Å². The second-order valence-corrected chi connectivity index (χ2v) is 3.75. The standard InChI is InChI=1S/C8H16N4O2/c1-5(2)3-6(4-9)12-7(13)10-11-8(12)14/h5-6H,3-4,9H2,1-2H3,(H,10,13)(H,11,14). The van der Waals surface area contributed by atoms with Gasteiger partial charge in [0, 0.05) is 6.54 Å². The van der Waals surface area contributed by atoms with Crippen LogP contribution in [0.3, 0.4) is 0 Å². The smallest absolute Gasteiger partial charge is 0.328 e. The quantitative estimate of drug-likeness (QED) is 0.606. The molecule has 1 aromatic rings. The lowest BCUT2D eigenvalue weighted by molar-refractivity contribution is 0.392. The van der Waals surface area contributed by atoms with Gasteiger partial charge in [-0.2, -0.15) is 0 Å². The van der Waals surface area contributed by atoms with Gasteiger partial charge < -0.3 is 5.73 Å². The molecule has 0 fully saturated rings. The third kappa shape index (κ3) is 2.14. The zero-order chi connectivity index (χ0) is 10.7. The number of aromatic amines is 2. The Morgan fingerprint density at radius 2 is 1.79 bits per heavy atom. The van der Waals surface area contributed by atoms with Crippen LogP contribution in [0.15, 0.2) is 9.59 Å². The van der Waals surface area contributed by atoms with Gasteiger partial charge in [0.25, 0.3) is 0 Å². The monoisotopic (exact) mass is 200 g/mol. The molecule has 0 saturated heterocycles. The van der Waals surface area contributed by atoms with E-state index in [0.717, 1.165) is 11.0 Å². The van der Waals surface area contributed by atoms with Crippen LogP contribution in [-0.4, -0.2) is 21.3 Å². The number of rotatable bonds is 4. The number of hydrogen-bond acceptors (Lipinski definition) is 3. The van der Waals surface area contributed by atoms with Crippen LogP contribution in [0, 0.1) is 5.92 Å². The van der Waals surface area contributed by atoms with Gasteiger partial charge >= 0.3 is 11.4 Å². The SMILES string of the molecule is CC(C)CC(CN)n1c(=O)[nH][nH]c1=O. The van der Waals surface area contributed by atoms with E-state index in [1.165, 1.54) is 0 Å². The summed E-state index contributed by atoms with van der Waals surface area (Å²) in [6.07, 6.45) is 0.720. The lowest BCUT2D eigenvalue weighted by Crippen LogP contribution is -2.35. The fraction of sp³-hybridized carbons (Fsp3) is 0.750. The molecular weight excluding hydrogens is 184 g/mol. The minimum Gasteiger partial charge on any atom is -0.328 e. The summed E-state index contributed by atoms with van der Waals surface area (Å²) in [5.74, 6) is 0.393. The van der Waals surface area contributed by atoms with Gasteiger partial charge in [0.1, 0.15) is 0 Å². The molecule has 6 nitrogen and oxygen atoms in total. The topological polar surface area (TPSA) is 96.7 Å². The van der Waals surface area contributed by atoms with Crippen molar-refractivity contribution in [2.24, 2.45) is 11.7 Å². The molecule has 0 aromatic carbocycles. The molecule has 0 aliphatic carbocycles. The summed E-state index contributed by atoms with van der Waals surface area (Å²) < 4.78 is 1.14. The first-order valence-electron chi connectivity index (χ1n) is 4.65. The average Bonchev–Trinajstić information content (AvgIpc) is 2.43. The molecule has 0 bridgehead atoms. The number of nitrogens with one attached hydrogen (secondary N) is 2. The minimum atomic E-state index is -0.425. The Morgan fingerprint density at radius 3 is 2.14 bits per heavy atom. The summed E-state index contributed by atoms with van der Waals surface area (Å²) in [5, 5.41) is 4.48. The Labute approximate surface area is 81.1 Å². The van der Waals surface area contributed by atoms with Crippen LogP contribution in [-0.2, 0) is 0 Å². The molecule has 0 spiro atoms. The lowest BCUT2D eigenvalue weighted by Gasteiger charge is -2.15. The lowest BCUT2D eigenvalue weighted by atomic mass is 10.0. The Balaban J connectivity index is 3.00. The Bertz CT molecular complexity index is 359. The van der Waals surface area contributed by atoms with Crippen molar-refractivity contribution in [1.82, 2.24) is 14.8 Å². The van der Waals surface area contributed by atoms with Gasteiger partial charge in [-0.05, 0) is 12.3 Å². The highest BCUT2D eigenvalue weighted by atomic mass is 16.2.